The van der Waals surface area contributed by atoms with Gasteiger partial charge in [0.2, 0.25) is 0 Å². The quantitative estimate of drug-likeness (QED) is 0.648. The summed E-state index contributed by atoms with van der Waals surface area (Å²) in [5.41, 5.74) is 4.20. The number of thiazole rings is 1. The lowest BCUT2D eigenvalue weighted by Gasteiger charge is -2.16. The third kappa shape index (κ3) is 2.97. The summed E-state index contributed by atoms with van der Waals surface area (Å²) in [5, 5.41) is 11.4. The number of aryl methyl sites for hydroxylation is 2. The summed E-state index contributed by atoms with van der Waals surface area (Å²) in [7, 11) is 0. The molecule has 0 atom stereocenters. The number of thioether (sulfide) groups is 1. The Morgan fingerprint density at radius 3 is 2.91 bits per heavy atom. The van der Waals surface area contributed by atoms with Crippen LogP contribution in [0.3, 0.4) is 0 Å². The minimum atomic E-state index is 0.705. The van der Waals surface area contributed by atoms with Crippen molar-refractivity contribution in [3.8, 4) is 6.07 Å². The predicted molar refractivity (Wildman–Crippen MR) is 94.8 cm³/mol. The van der Waals surface area contributed by atoms with E-state index in [1.54, 1.807) is 23.1 Å². The second-order valence-corrected chi connectivity index (χ2v) is 7.71. The number of hydrogen-bond donors (Lipinski definition) is 0. The number of benzene rings is 1. The van der Waals surface area contributed by atoms with Crippen LogP contribution in [-0.4, -0.2) is 9.97 Å². The van der Waals surface area contributed by atoms with Gasteiger partial charge in [0.15, 0.2) is 0 Å². The van der Waals surface area contributed by atoms with Crippen LogP contribution in [0.2, 0.25) is 0 Å². The van der Waals surface area contributed by atoms with E-state index in [4.69, 9.17) is 4.98 Å². The molecule has 0 N–H and O–H groups in total. The van der Waals surface area contributed by atoms with E-state index >= 15 is 0 Å². The predicted octanol–water partition coefficient (Wildman–Crippen LogP) is 4.73. The zero-order valence-electron chi connectivity index (χ0n) is 12.6. The standard InChI is InChI=1S/C18H15N3S2/c19-10-13-9-12-5-1-2-6-14(12)21-18(13)22-11-17-20-15-7-3-4-8-16(15)23-17/h3-4,7-9H,1-2,5-6,11H2. The minimum absolute atomic E-state index is 0.705. The average Bonchev–Trinajstić information content (AvgIpc) is 3.02. The van der Waals surface area contributed by atoms with Gasteiger partial charge in [0.1, 0.15) is 16.1 Å². The molecule has 0 spiro atoms. The highest BCUT2D eigenvalue weighted by Gasteiger charge is 2.16. The van der Waals surface area contributed by atoms with Crippen LogP contribution in [0.25, 0.3) is 10.2 Å². The van der Waals surface area contributed by atoms with Crippen LogP contribution >= 0.6 is 23.1 Å². The van der Waals surface area contributed by atoms with E-state index < -0.39 is 0 Å². The fraction of sp³-hybridized carbons (Fsp3) is 0.278. The van der Waals surface area contributed by atoms with E-state index in [-0.39, 0.29) is 0 Å². The molecule has 0 aliphatic heterocycles. The van der Waals surface area contributed by atoms with Crippen molar-refractivity contribution < 1.29 is 0 Å². The van der Waals surface area contributed by atoms with Crippen LogP contribution < -0.4 is 0 Å². The average molecular weight is 337 g/mol. The van der Waals surface area contributed by atoms with Crippen molar-refractivity contribution in [2.45, 2.75) is 36.5 Å². The third-order valence-electron chi connectivity index (χ3n) is 4.06. The maximum Gasteiger partial charge on any atom is 0.115 e. The van der Waals surface area contributed by atoms with Crippen LogP contribution in [0.4, 0.5) is 0 Å². The molecule has 2 aromatic heterocycles. The first-order valence-corrected chi connectivity index (χ1v) is 9.54. The number of aromatic nitrogens is 2. The van der Waals surface area contributed by atoms with E-state index in [1.165, 1.54) is 28.8 Å². The SMILES string of the molecule is N#Cc1cc2c(nc1SCc1nc3ccccc3s1)CCCC2. The molecule has 1 aliphatic carbocycles. The molecule has 0 fully saturated rings. The van der Waals surface area contributed by atoms with E-state index in [1.807, 2.05) is 24.3 Å². The van der Waals surface area contributed by atoms with Gasteiger partial charge in [-0.1, -0.05) is 23.9 Å². The molecule has 0 bridgehead atoms. The van der Waals surface area contributed by atoms with Crippen LogP contribution in [0.1, 0.15) is 34.7 Å². The number of fused-ring (bicyclic) bond motifs is 2. The third-order valence-corrected chi connectivity index (χ3v) is 6.28. The summed E-state index contributed by atoms with van der Waals surface area (Å²) in [6.07, 6.45) is 4.50. The molecule has 0 amide bonds. The zero-order chi connectivity index (χ0) is 15.6. The summed E-state index contributed by atoms with van der Waals surface area (Å²) in [4.78, 5) is 9.43. The Hall–Kier alpha value is -1.90. The van der Waals surface area contributed by atoms with Gasteiger partial charge in [-0.15, -0.1) is 11.3 Å². The van der Waals surface area contributed by atoms with Crippen LogP contribution in [-0.2, 0) is 18.6 Å². The van der Waals surface area contributed by atoms with Crippen LogP contribution in [0, 0.1) is 11.3 Å². The lowest BCUT2D eigenvalue weighted by molar-refractivity contribution is 0.660. The van der Waals surface area contributed by atoms with Gasteiger partial charge in [0.25, 0.3) is 0 Å². The van der Waals surface area contributed by atoms with Gasteiger partial charge in [-0.3, -0.25) is 0 Å². The molecule has 5 heteroatoms. The topological polar surface area (TPSA) is 49.6 Å². The first kappa shape index (κ1) is 14.7. The first-order chi connectivity index (χ1) is 11.3. The number of para-hydroxylation sites is 1. The van der Waals surface area contributed by atoms with E-state index in [9.17, 15) is 5.26 Å². The number of rotatable bonds is 3. The van der Waals surface area contributed by atoms with Crippen LogP contribution in [0.15, 0.2) is 35.4 Å². The van der Waals surface area contributed by atoms with Gasteiger partial charge in [0.05, 0.1) is 21.5 Å². The van der Waals surface area contributed by atoms with Gasteiger partial charge in [-0.25, -0.2) is 9.97 Å². The Labute approximate surface area is 143 Å². The Balaban J connectivity index is 1.59. The van der Waals surface area contributed by atoms with Gasteiger partial charge < -0.3 is 0 Å². The summed E-state index contributed by atoms with van der Waals surface area (Å²) in [6.45, 7) is 0. The van der Waals surface area contributed by atoms with E-state index in [2.05, 4.69) is 17.1 Å². The fourth-order valence-corrected chi connectivity index (χ4v) is 4.85. The molecular formula is C18H15N3S2. The lowest BCUT2D eigenvalue weighted by atomic mass is 9.95. The van der Waals surface area contributed by atoms with Crippen molar-refractivity contribution in [1.82, 2.24) is 9.97 Å². The lowest BCUT2D eigenvalue weighted by Crippen LogP contribution is -2.07. The van der Waals surface area contributed by atoms with Gasteiger partial charge in [-0.2, -0.15) is 5.26 Å². The number of nitrogens with zero attached hydrogens (tertiary/aromatic N) is 3. The molecule has 0 radical (unpaired) electrons. The van der Waals surface area contributed by atoms with Crippen molar-refractivity contribution in [3.05, 3.63) is 52.2 Å². The highest BCUT2D eigenvalue weighted by atomic mass is 32.2. The molecule has 3 nitrogen and oxygen atoms in total. The van der Waals surface area contributed by atoms with Crippen molar-refractivity contribution in [2.75, 3.05) is 0 Å². The number of hydrogen-bond acceptors (Lipinski definition) is 5. The molecule has 0 unspecified atom stereocenters. The van der Waals surface area contributed by atoms with Gasteiger partial charge >= 0.3 is 0 Å². The maximum absolute atomic E-state index is 9.42. The Morgan fingerprint density at radius 1 is 1.17 bits per heavy atom. The molecule has 0 saturated heterocycles. The molecule has 114 valence electrons. The Morgan fingerprint density at radius 2 is 2.04 bits per heavy atom. The Bertz CT molecular complexity index is 875. The second-order valence-electron chi connectivity index (χ2n) is 5.63. The summed E-state index contributed by atoms with van der Waals surface area (Å²) in [6, 6.07) is 12.5. The molecule has 4 rings (SSSR count). The maximum atomic E-state index is 9.42. The molecule has 23 heavy (non-hydrogen) atoms. The fourth-order valence-electron chi connectivity index (χ4n) is 2.92. The van der Waals surface area contributed by atoms with Gasteiger partial charge in [-0.05, 0) is 49.4 Å². The minimum Gasteiger partial charge on any atom is -0.245 e. The molecule has 3 aromatic rings. The monoisotopic (exact) mass is 337 g/mol. The van der Waals surface area contributed by atoms with Gasteiger partial charge in [0, 0.05) is 5.69 Å². The highest BCUT2D eigenvalue weighted by molar-refractivity contribution is 7.98. The highest BCUT2D eigenvalue weighted by Crippen LogP contribution is 2.31. The molecule has 0 saturated carbocycles. The molecule has 2 heterocycles. The number of nitriles is 1. The normalized spacial score (nSPS) is 13.7. The number of pyridine rings is 1. The van der Waals surface area contributed by atoms with Crippen molar-refractivity contribution >= 4 is 33.3 Å². The first-order valence-electron chi connectivity index (χ1n) is 7.73. The van der Waals surface area contributed by atoms with Crippen molar-refractivity contribution in [3.63, 3.8) is 0 Å². The summed E-state index contributed by atoms with van der Waals surface area (Å²) < 4.78 is 1.21. The Kier molecular flexibility index (Phi) is 4.02. The summed E-state index contributed by atoms with van der Waals surface area (Å²) >= 11 is 3.34. The van der Waals surface area contributed by atoms with Crippen LogP contribution in [0.5, 0.6) is 0 Å². The van der Waals surface area contributed by atoms with E-state index in [0.29, 0.717) is 5.56 Å². The molecule has 1 aromatic carbocycles. The second kappa shape index (κ2) is 6.31. The zero-order valence-corrected chi connectivity index (χ0v) is 14.2. The smallest absolute Gasteiger partial charge is 0.115 e. The van der Waals surface area contributed by atoms with E-state index in [0.717, 1.165) is 34.1 Å². The largest absolute Gasteiger partial charge is 0.245 e. The molecular weight excluding hydrogens is 322 g/mol. The summed E-state index contributed by atoms with van der Waals surface area (Å²) in [5.74, 6) is 0.764. The van der Waals surface area contributed by atoms with Crippen molar-refractivity contribution in [1.29, 1.82) is 5.26 Å². The molecule has 1 aliphatic rings. The van der Waals surface area contributed by atoms with Crippen molar-refractivity contribution in [2.24, 2.45) is 0 Å².